The number of aliphatic hydroxyl groups is 1. The summed E-state index contributed by atoms with van der Waals surface area (Å²) in [4.78, 5) is 0. The quantitative estimate of drug-likeness (QED) is 0.855. The van der Waals surface area contributed by atoms with Gasteiger partial charge in [-0.3, -0.25) is 0 Å². The van der Waals surface area contributed by atoms with Crippen molar-refractivity contribution < 1.29 is 9.52 Å². The summed E-state index contributed by atoms with van der Waals surface area (Å²) in [6, 6.07) is 8.46. The molecule has 20 heavy (non-hydrogen) atoms. The summed E-state index contributed by atoms with van der Waals surface area (Å²) in [6.07, 6.45) is 2.02. The predicted octanol–water partition coefficient (Wildman–Crippen LogP) is 3.50. The predicted molar refractivity (Wildman–Crippen MR) is 86.4 cm³/mol. The Kier molecular flexibility index (Phi) is 5.13. The minimum atomic E-state index is 0.124. The number of thioether (sulfide) groups is 1. The molecule has 3 unspecified atom stereocenters. The smallest absolute Gasteiger partial charge is 0.134 e. The van der Waals surface area contributed by atoms with E-state index in [-0.39, 0.29) is 23.9 Å². The highest BCUT2D eigenvalue weighted by molar-refractivity contribution is 7.99. The molecule has 0 saturated carbocycles. The SMILES string of the molecule is CSC(CO)C(C)NC(C)c1oc2ccccc2c1C. The van der Waals surface area contributed by atoms with Crippen LogP contribution in [0.1, 0.15) is 31.2 Å². The third kappa shape index (κ3) is 3.03. The minimum absolute atomic E-state index is 0.124. The molecule has 110 valence electrons. The number of hydrogen-bond acceptors (Lipinski definition) is 4. The zero-order chi connectivity index (χ0) is 14.7. The number of nitrogens with one attached hydrogen (secondary N) is 1. The standard InChI is InChI=1S/C16H23NO2S/c1-10-13-7-5-6-8-14(13)19-16(10)12(3)17-11(2)15(9-18)20-4/h5-8,11-12,15,17-18H,9H2,1-4H3. The maximum Gasteiger partial charge on any atom is 0.134 e. The lowest BCUT2D eigenvalue weighted by Crippen LogP contribution is -2.39. The van der Waals surface area contributed by atoms with Crippen LogP contribution in [0.25, 0.3) is 11.0 Å². The molecule has 4 heteroatoms. The Hall–Kier alpha value is -0.970. The fraction of sp³-hybridized carbons (Fsp3) is 0.500. The normalized spacial score (nSPS) is 16.2. The van der Waals surface area contributed by atoms with Crippen molar-refractivity contribution in [2.75, 3.05) is 12.9 Å². The molecule has 2 aromatic rings. The number of fused-ring (bicyclic) bond motifs is 1. The van der Waals surface area contributed by atoms with E-state index >= 15 is 0 Å². The minimum Gasteiger partial charge on any atom is -0.459 e. The summed E-state index contributed by atoms with van der Waals surface area (Å²) in [6.45, 7) is 6.49. The van der Waals surface area contributed by atoms with Gasteiger partial charge in [0.1, 0.15) is 11.3 Å². The first-order valence-corrected chi connectivity index (χ1v) is 8.25. The Bertz CT molecular complexity index is 563. The van der Waals surface area contributed by atoms with Gasteiger partial charge in [0.05, 0.1) is 12.6 Å². The van der Waals surface area contributed by atoms with Gasteiger partial charge in [-0.2, -0.15) is 11.8 Å². The highest BCUT2D eigenvalue weighted by Crippen LogP contribution is 2.29. The summed E-state index contributed by atoms with van der Waals surface area (Å²) in [5.74, 6) is 0.982. The Morgan fingerprint density at radius 3 is 2.60 bits per heavy atom. The van der Waals surface area contributed by atoms with E-state index in [4.69, 9.17) is 4.42 Å². The zero-order valence-corrected chi connectivity index (χ0v) is 13.3. The van der Waals surface area contributed by atoms with Crippen LogP contribution in [0, 0.1) is 6.92 Å². The van der Waals surface area contributed by atoms with Gasteiger partial charge in [0.25, 0.3) is 0 Å². The molecule has 0 fully saturated rings. The molecular formula is C16H23NO2S. The summed E-state index contributed by atoms with van der Waals surface area (Å²) >= 11 is 1.68. The molecule has 0 aliphatic rings. The molecular weight excluding hydrogens is 270 g/mol. The fourth-order valence-corrected chi connectivity index (χ4v) is 3.26. The second-order valence-corrected chi connectivity index (χ2v) is 6.30. The molecule has 0 aliphatic heterocycles. The molecule has 0 amide bonds. The zero-order valence-electron chi connectivity index (χ0n) is 12.5. The molecule has 1 aromatic heterocycles. The number of rotatable bonds is 6. The lowest BCUT2D eigenvalue weighted by molar-refractivity contribution is 0.268. The Morgan fingerprint density at radius 1 is 1.30 bits per heavy atom. The summed E-state index contributed by atoms with van der Waals surface area (Å²) in [7, 11) is 0. The molecule has 1 heterocycles. The molecule has 3 atom stereocenters. The first-order chi connectivity index (χ1) is 9.58. The van der Waals surface area contributed by atoms with Crippen molar-refractivity contribution >= 4 is 22.7 Å². The average molecular weight is 293 g/mol. The third-order valence-electron chi connectivity index (χ3n) is 3.83. The number of furan rings is 1. The van der Waals surface area contributed by atoms with E-state index in [0.29, 0.717) is 0 Å². The summed E-state index contributed by atoms with van der Waals surface area (Å²) < 4.78 is 5.98. The number of hydrogen-bond donors (Lipinski definition) is 2. The largest absolute Gasteiger partial charge is 0.459 e. The lowest BCUT2D eigenvalue weighted by atomic mass is 10.1. The highest BCUT2D eigenvalue weighted by atomic mass is 32.2. The molecule has 3 nitrogen and oxygen atoms in total. The van der Waals surface area contributed by atoms with E-state index in [0.717, 1.165) is 11.3 Å². The van der Waals surface area contributed by atoms with Gasteiger partial charge in [-0.15, -0.1) is 0 Å². The molecule has 0 radical (unpaired) electrons. The van der Waals surface area contributed by atoms with Crippen molar-refractivity contribution in [3.8, 4) is 0 Å². The van der Waals surface area contributed by atoms with Crippen LogP contribution in [-0.4, -0.2) is 29.3 Å². The molecule has 0 bridgehead atoms. The van der Waals surface area contributed by atoms with Crippen LogP contribution < -0.4 is 5.32 Å². The molecule has 1 aromatic carbocycles. The lowest BCUT2D eigenvalue weighted by Gasteiger charge is -2.24. The molecule has 2 rings (SSSR count). The van der Waals surface area contributed by atoms with Gasteiger partial charge in [-0.1, -0.05) is 18.2 Å². The van der Waals surface area contributed by atoms with Crippen LogP contribution in [0.15, 0.2) is 28.7 Å². The third-order valence-corrected chi connectivity index (χ3v) is 4.99. The summed E-state index contributed by atoms with van der Waals surface area (Å²) in [5, 5.41) is 14.3. The first-order valence-electron chi connectivity index (χ1n) is 6.96. The average Bonchev–Trinajstić information content (AvgIpc) is 2.78. The second-order valence-electron chi connectivity index (χ2n) is 5.22. The van der Waals surface area contributed by atoms with Crippen molar-refractivity contribution in [2.45, 2.75) is 38.1 Å². The van der Waals surface area contributed by atoms with Crippen LogP contribution in [0.3, 0.4) is 0 Å². The van der Waals surface area contributed by atoms with Crippen LogP contribution in [0.2, 0.25) is 0 Å². The van der Waals surface area contributed by atoms with Gasteiger partial charge in [0.15, 0.2) is 0 Å². The van der Waals surface area contributed by atoms with Gasteiger partial charge >= 0.3 is 0 Å². The van der Waals surface area contributed by atoms with E-state index < -0.39 is 0 Å². The van der Waals surface area contributed by atoms with Crippen LogP contribution in [0.4, 0.5) is 0 Å². The van der Waals surface area contributed by atoms with E-state index in [2.05, 4.69) is 32.2 Å². The second kappa shape index (κ2) is 6.66. The van der Waals surface area contributed by atoms with Crippen LogP contribution in [0.5, 0.6) is 0 Å². The van der Waals surface area contributed by atoms with Gasteiger partial charge < -0.3 is 14.8 Å². The number of para-hydroxylation sites is 1. The molecule has 0 aliphatic carbocycles. The van der Waals surface area contributed by atoms with Gasteiger partial charge in [0.2, 0.25) is 0 Å². The molecule has 2 N–H and O–H groups in total. The molecule has 0 saturated heterocycles. The highest BCUT2D eigenvalue weighted by Gasteiger charge is 2.21. The number of aliphatic hydroxyl groups excluding tert-OH is 1. The van der Waals surface area contributed by atoms with Crippen molar-refractivity contribution in [2.24, 2.45) is 0 Å². The van der Waals surface area contributed by atoms with Crippen molar-refractivity contribution in [1.29, 1.82) is 0 Å². The van der Waals surface area contributed by atoms with Gasteiger partial charge in [-0.05, 0) is 38.7 Å². The van der Waals surface area contributed by atoms with Gasteiger partial charge in [0, 0.05) is 16.7 Å². The monoisotopic (exact) mass is 293 g/mol. The Labute approximate surface area is 124 Å². The van der Waals surface area contributed by atoms with Crippen LogP contribution in [-0.2, 0) is 0 Å². The van der Waals surface area contributed by atoms with Crippen LogP contribution >= 0.6 is 11.8 Å². The first kappa shape index (κ1) is 15.4. The van der Waals surface area contributed by atoms with E-state index in [1.807, 2.05) is 24.5 Å². The summed E-state index contributed by atoms with van der Waals surface area (Å²) in [5.41, 5.74) is 2.13. The number of benzene rings is 1. The fourth-order valence-electron chi connectivity index (χ4n) is 2.62. The van der Waals surface area contributed by atoms with Crippen molar-refractivity contribution in [3.63, 3.8) is 0 Å². The molecule has 0 spiro atoms. The topological polar surface area (TPSA) is 45.4 Å². The van der Waals surface area contributed by atoms with E-state index in [9.17, 15) is 5.11 Å². The van der Waals surface area contributed by atoms with E-state index in [1.54, 1.807) is 11.8 Å². The Balaban J connectivity index is 2.19. The Morgan fingerprint density at radius 2 is 2.00 bits per heavy atom. The van der Waals surface area contributed by atoms with Crippen molar-refractivity contribution in [3.05, 3.63) is 35.6 Å². The number of aryl methyl sites for hydroxylation is 1. The van der Waals surface area contributed by atoms with E-state index in [1.165, 1.54) is 10.9 Å². The maximum absolute atomic E-state index is 9.36. The van der Waals surface area contributed by atoms with Crippen molar-refractivity contribution in [1.82, 2.24) is 5.32 Å². The van der Waals surface area contributed by atoms with Gasteiger partial charge in [-0.25, -0.2) is 0 Å². The maximum atomic E-state index is 9.36.